The van der Waals surface area contributed by atoms with Crippen molar-refractivity contribution in [2.75, 3.05) is 5.32 Å². The fourth-order valence-electron chi connectivity index (χ4n) is 3.66. The van der Waals surface area contributed by atoms with Crippen molar-refractivity contribution >= 4 is 22.6 Å². The summed E-state index contributed by atoms with van der Waals surface area (Å²) in [6.45, 7) is 1.88. The van der Waals surface area contributed by atoms with Gasteiger partial charge in [0.2, 0.25) is 0 Å². The van der Waals surface area contributed by atoms with E-state index in [0.29, 0.717) is 16.9 Å². The highest BCUT2D eigenvalue weighted by Gasteiger charge is 2.19. The van der Waals surface area contributed by atoms with Gasteiger partial charge in [-0.05, 0) is 31.2 Å². The molecule has 0 aliphatic rings. The van der Waals surface area contributed by atoms with Crippen LogP contribution in [0.3, 0.4) is 0 Å². The highest BCUT2D eigenvalue weighted by Crippen LogP contribution is 2.27. The molecule has 1 amide bonds. The second-order valence-corrected chi connectivity index (χ2v) is 7.20. The SMILES string of the molecule is Cc1nn(C)c2nc(-c3ccccc3)cc(C(=O)Nc3cccc(-n4cnnc4)c3)c12. The lowest BCUT2D eigenvalue weighted by Crippen LogP contribution is -2.13. The fourth-order valence-corrected chi connectivity index (χ4v) is 3.66. The van der Waals surface area contributed by atoms with Crippen molar-refractivity contribution in [3.05, 3.63) is 84.6 Å². The van der Waals surface area contributed by atoms with Crippen LogP contribution in [0.25, 0.3) is 28.0 Å². The number of carbonyl (C=O) groups is 1. The van der Waals surface area contributed by atoms with Crippen LogP contribution in [0.15, 0.2) is 73.3 Å². The first-order chi connectivity index (χ1) is 15.1. The van der Waals surface area contributed by atoms with Crippen LogP contribution < -0.4 is 5.32 Å². The average Bonchev–Trinajstić information content (AvgIpc) is 3.43. The number of aryl methyl sites for hydroxylation is 2. The molecule has 0 saturated heterocycles. The van der Waals surface area contributed by atoms with Gasteiger partial charge < -0.3 is 5.32 Å². The van der Waals surface area contributed by atoms with Crippen LogP contribution >= 0.6 is 0 Å². The van der Waals surface area contributed by atoms with Crippen molar-refractivity contribution in [3.63, 3.8) is 0 Å². The molecule has 0 saturated carbocycles. The Morgan fingerprint density at radius 1 is 0.968 bits per heavy atom. The highest BCUT2D eigenvalue weighted by atomic mass is 16.1. The number of aromatic nitrogens is 6. The minimum atomic E-state index is -0.221. The molecule has 0 unspecified atom stereocenters. The van der Waals surface area contributed by atoms with Gasteiger partial charge in [-0.1, -0.05) is 36.4 Å². The second-order valence-electron chi connectivity index (χ2n) is 7.20. The van der Waals surface area contributed by atoms with E-state index in [0.717, 1.165) is 28.0 Å². The number of fused-ring (bicyclic) bond motifs is 1. The largest absolute Gasteiger partial charge is 0.322 e. The average molecular weight is 409 g/mol. The van der Waals surface area contributed by atoms with E-state index in [4.69, 9.17) is 4.98 Å². The van der Waals surface area contributed by atoms with E-state index in [-0.39, 0.29) is 5.91 Å². The highest BCUT2D eigenvalue weighted by molar-refractivity contribution is 6.13. The standard InChI is InChI=1S/C23H19N7O/c1-15-21-19(12-20(16-7-4-3-5-8-16)27-22(21)29(2)28-15)23(31)26-17-9-6-10-18(11-17)30-13-24-25-14-30/h3-14H,1-2H3,(H,26,31). The zero-order chi connectivity index (χ0) is 21.4. The molecule has 0 spiro atoms. The molecule has 3 aromatic heterocycles. The summed E-state index contributed by atoms with van der Waals surface area (Å²) in [6, 6.07) is 19.1. The maximum Gasteiger partial charge on any atom is 0.256 e. The molecule has 0 aliphatic heterocycles. The molecule has 2 aromatic carbocycles. The molecule has 0 atom stereocenters. The van der Waals surface area contributed by atoms with Gasteiger partial charge >= 0.3 is 0 Å². The Morgan fingerprint density at radius 3 is 2.52 bits per heavy atom. The van der Waals surface area contributed by atoms with Crippen LogP contribution in [0.1, 0.15) is 16.1 Å². The molecule has 5 rings (SSSR count). The molecule has 0 aliphatic carbocycles. The van der Waals surface area contributed by atoms with E-state index >= 15 is 0 Å². The van der Waals surface area contributed by atoms with Crippen molar-refractivity contribution in [1.29, 1.82) is 0 Å². The summed E-state index contributed by atoms with van der Waals surface area (Å²) in [7, 11) is 1.83. The van der Waals surface area contributed by atoms with Crippen molar-refractivity contribution in [2.45, 2.75) is 6.92 Å². The number of benzene rings is 2. The Hall–Kier alpha value is -4.33. The molecular weight excluding hydrogens is 390 g/mol. The molecule has 0 bridgehead atoms. The third-order valence-corrected chi connectivity index (χ3v) is 5.10. The molecule has 8 nitrogen and oxygen atoms in total. The van der Waals surface area contributed by atoms with E-state index in [1.54, 1.807) is 21.9 Å². The lowest BCUT2D eigenvalue weighted by atomic mass is 10.0. The number of rotatable bonds is 4. The first-order valence-electron chi connectivity index (χ1n) is 9.76. The Kier molecular flexibility index (Phi) is 4.51. The van der Waals surface area contributed by atoms with Gasteiger partial charge in [0.15, 0.2) is 5.65 Å². The molecule has 152 valence electrons. The molecule has 1 N–H and O–H groups in total. The van der Waals surface area contributed by atoms with E-state index in [1.807, 2.05) is 74.6 Å². The van der Waals surface area contributed by atoms with Gasteiger partial charge in [0.05, 0.1) is 28.0 Å². The molecular formula is C23H19N7O. The van der Waals surface area contributed by atoms with E-state index in [9.17, 15) is 4.79 Å². The lowest BCUT2D eigenvalue weighted by Gasteiger charge is -2.10. The maximum atomic E-state index is 13.4. The van der Waals surface area contributed by atoms with Gasteiger partial charge in [-0.15, -0.1) is 10.2 Å². The lowest BCUT2D eigenvalue weighted by molar-refractivity contribution is 0.102. The summed E-state index contributed by atoms with van der Waals surface area (Å²) in [5.74, 6) is -0.221. The summed E-state index contributed by atoms with van der Waals surface area (Å²) >= 11 is 0. The molecule has 0 radical (unpaired) electrons. The molecule has 0 fully saturated rings. The normalized spacial score (nSPS) is 11.0. The predicted molar refractivity (Wildman–Crippen MR) is 118 cm³/mol. The number of hydrogen-bond donors (Lipinski definition) is 1. The Bertz CT molecular complexity index is 1390. The minimum absolute atomic E-state index is 0.221. The van der Waals surface area contributed by atoms with Gasteiger partial charge in [-0.3, -0.25) is 14.0 Å². The number of amides is 1. The first-order valence-corrected chi connectivity index (χ1v) is 9.76. The first kappa shape index (κ1) is 18.7. The van der Waals surface area contributed by atoms with Gasteiger partial charge in [0.25, 0.3) is 5.91 Å². The van der Waals surface area contributed by atoms with Gasteiger partial charge in [0.1, 0.15) is 12.7 Å². The van der Waals surface area contributed by atoms with E-state index in [2.05, 4.69) is 20.6 Å². The summed E-state index contributed by atoms with van der Waals surface area (Å²) in [6.07, 6.45) is 3.22. The van der Waals surface area contributed by atoms with Crippen LogP contribution in [0.5, 0.6) is 0 Å². The Labute approximate surface area is 178 Å². The summed E-state index contributed by atoms with van der Waals surface area (Å²) in [4.78, 5) is 18.1. The Balaban J connectivity index is 1.58. The van der Waals surface area contributed by atoms with E-state index in [1.165, 1.54) is 0 Å². The fraction of sp³-hybridized carbons (Fsp3) is 0.0870. The molecule has 3 heterocycles. The van der Waals surface area contributed by atoms with Crippen LogP contribution in [0, 0.1) is 6.92 Å². The zero-order valence-corrected chi connectivity index (χ0v) is 17.0. The van der Waals surface area contributed by atoms with Crippen LogP contribution in [-0.4, -0.2) is 35.4 Å². The topological polar surface area (TPSA) is 90.5 Å². The maximum absolute atomic E-state index is 13.4. The summed E-state index contributed by atoms with van der Waals surface area (Å²) < 4.78 is 3.49. The van der Waals surface area contributed by atoms with Crippen molar-refractivity contribution in [1.82, 2.24) is 29.5 Å². The zero-order valence-electron chi connectivity index (χ0n) is 17.0. The predicted octanol–water partition coefficient (Wildman–Crippen LogP) is 3.78. The minimum Gasteiger partial charge on any atom is -0.322 e. The summed E-state index contributed by atoms with van der Waals surface area (Å²) in [5, 5.41) is 15.9. The monoisotopic (exact) mass is 409 g/mol. The van der Waals surface area contributed by atoms with Crippen LogP contribution in [0.4, 0.5) is 5.69 Å². The number of pyridine rings is 1. The third-order valence-electron chi connectivity index (χ3n) is 5.10. The number of hydrogen-bond acceptors (Lipinski definition) is 5. The quantitative estimate of drug-likeness (QED) is 0.488. The van der Waals surface area contributed by atoms with E-state index < -0.39 is 0 Å². The number of anilines is 1. The number of carbonyl (C=O) groups excluding carboxylic acids is 1. The van der Waals surface area contributed by atoms with Gasteiger partial charge in [-0.25, -0.2) is 4.98 Å². The third kappa shape index (κ3) is 3.44. The molecule has 31 heavy (non-hydrogen) atoms. The second kappa shape index (κ2) is 7.49. The Morgan fingerprint density at radius 2 is 1.74 bits per heavy atom. The van der Waals surface area contributed by atoms with Gasteiger partial charge in [0, 0.05) is 18.3 Å². The molecule has 8 heteroatoms. The van der Waals surface area contributed by atoms with Crippen LogP contribution in [-0.2, 0) is 7.05 Å². The smallest absolute Gasteiger partial charge is 0.256 e. The van der Waals surface area contributed by atoms with Crippen LogP contribution in [0.2, 0.25) is 0 Å². The number of nitrogens with one attached hydrogen (secondary N) is 1. The van der Waals surface area contributed by atoms with Crippen molar-refractivity contribution in [2.24, 2.45) is 7.05 Å². The van der Waals surface area contributed by atoms with Crippen molar-refractivity contribution in [3.8, 4) is 16.9 Å². The summed E-state index contributed by atoms with van der Waals surface area (Å²) in [5.41, 5.74) is 5.14. The molecule has 5 aromatic rings. The van der Waals surface area contributed by atoms with Crippen molar-refractivity contribution < 1.29 is 4.79 Å². The number of nitrogens with zero attached hydrogens (tertiary/aromatic N) is 6. The van der Waals surface area contributed by atoms with Gasteiger partial charge in [-0.2, -0.15) is 5.10 Å².